The molecule has 0 aliphatic carbocycles. The van der Waals surface area contributed by atoms with Crippen LogP contribution in [0.3, 0.4) is 0 Å². The average Bonchev–Trinajstić information content (AvgIpc) is 2.75. The number of hydrogen-bond acceptors (Lipinski definition) is 4. The highest BCUT2D eigenvalue weighted by Crippen LogP contribution is 2.21. The van der Waals surface area contributed by atoms with Gasteiger partial charge >= 0.3 is 0 Å². The number of ether oxygens (including phenoxy) is 1. The van der Waals surface area contributed by atoms with E-state index in [4.69, 9.17) is 4.74 Å². The van der Waals surface area contributed by atoms with Gasteiger partial charge in [-0.3, -0.25) is 9.52 Å². The molecule has 0 aromatic heterocycles. The van der Waals surface area contributed by atoms with Gasteiger partial charge in [-0.25, -0.2) is 8.42 Å². The van der Waals surface area contributed by atoms with Gasteiger partial charge < -0.3 is 10.1 Å². The van der Waals surface area contributed by atoms with Gasteiger partial charge in [0.25, 0.3) is 15.9 Å². The average molecular weight is 425 g/mol. The van der Waals surface area contributed by atoms with Gasteiger partial charge in [-0.1, -0.05) is 42.5 Å². The van der Waals surface area contributed by atoms with Gasteiger partial charge in [0.1, 0.15) is 12.4 Å². The molecule has 6 nitrogen and oxygen atoms in total. The number of carbonyl (C=O) groups is 1. The van der Waals surface area contributed by atoms with E-state index in [2.05, 4.69) is 10.0 Å². The van der Waals surface area contributed by atoms with E-state index >= 15 is 0 Å². The van der Waals surface area contributed by atoms with Gasteiger partial charge in [-0.05, 0) is 55.8 Å². The molecule has 2 N–H and O–H groups in total. The number of carbonyl (C=O) groups excluding carboxylic acids is 1. The highest BCUT2D eigenvalue weighted by atomic mass is 32.2. The Labute approximate surface area is 177 Å². The van der Waals surface area contributed by atoms with Gasteiger partial charge in [-0.2, -0.15) is 0 Å². The second kappa shape index (κ2) is 9.45. The minimum atomic E-state index is -3.74. The van der Waals surface area contributed by atoms with Crippen LogP contribution < -0.4 is 14.8 Å². The van der Waals surface area contributed by atoms with Crippen LogP contribution in [0.5, 0.6) is 5.75 Å². The summed E-state index contributed by atoms with van der Waals surface area (Å²) in [5.41, 5.74) is 1.43. The molecule has 0 bridgehead atoms. The highest BCUT2D eigenvalue weighted by molar-refractivity contribution is 7.92. The maximum atomic E-state index is 12.6. The van der Waals surface area contributed by atoms with Crippen molar-refractivity contribution in [1.29, 1.82) is 0 Å². The lowest BCUT2D eigenvalue weighted by Gasteiger charge is -2.16. The van der Waals surface area contributed by atoms with Crippen molar-refractivity contribution in [3.05, 3.63) is 90.0 Å². The van der Waals surface area contributed by atoms with Crippen LogP contribution in [-0.2, 0) is 10.0 Å². The maximum Gasteiger partial charge on any atom is 0.261 e. The second-order valence-corrected chi connectivity index (χ2v) is 8.63. The molecule has 0 radical (unpaired) electrons. The standard InChI is InChI=1S/C23H24N2O4S/c1-17-13-14-19(15-22(17)25-30(27,28)21-11-7-4-8-12-21)23(26)24-18(2)16-29-20-9-5-3-6-10-20/h3-15,18,25H,16H2,1-2H3,(H,24,26)/t18-/m1/s1. The number of nitrogens with one attached hydrogen (secondary N) is 2. The van der Waals surface area contributed by atoms with Crippen molar-refractivity contribution >= 4 is 21.6 Å². The summed E-state index contributed by atoms with van der Waals surface area (Å²) >= 11 is 0. The Bertz CT molecular complexity index is 1100. The molecule has 3 aromatic rings. The molecule has 0 saturated heterocycles. The summed E-state index contributed by atoms with van der Waals surface area (Å²) in [6.45, 7) is 3.93. The third-order valence-corrected chi connectivity index (χ3v) is 5.80. The largest absolute Gasteiger partial charge is 0.491 e. The van der Waals surface area contributed by atoms with E-state index in [1.807, 2.05) is 37.3 Å². The number of sulfonamides is 1. The van der Waals surface area contributed by atoms with Crippen molar-refractivity contribution in [2.45, 2.75) is 24.8 Å². The summed E-state index contributed by atoms with van der Waals surface area (Å²) in [6, 6.07) is 22.1. The van der Waals surface area contributed by atoms with E-state index in [-0.39, 0.29) is 16.8 Å². The smallest absolute Gasteiger partial charge is 0.261 e. The van der Waals surface area contributed by atoms with Crippen LogP contribution in [0.1, 0.15) is 22.8 Å². The first-order valence-electron chi connectivity index (χ1n) is 9.52. The summed E-state index contributed by atoms with van der Waals surface area (Å²) in [5, 5.41) is 2.87. The number of anilines is 1. The number of hydrogen-bond donors (Lipinski definition) is 2. The third-order valence-electron chi connectivity index (χ3n) is 4.42. The minimum absolute atomic E-state index is 0.158. The fraction of sp³-hybridized carbons (Fsp3) is 0.174. The lowest BCUT2D eigenvalue weighted by Crippen LogP contribution is -2.36. The lowest BCUT2D eigenvalue weighted by molar-refractivity contribution is 0.0926. The second-order valence-electron chi connectivity index (χ2n) is 6.95. The van der Waals surface area contributed by atoms with Crippen molar-refractivity contribution in [2.24, 2.45) is 0 Å². The van der Waals surface area contributed by atoms with Crippen molar-refractivity contribution in [1.82, 2.24) is 5.32 Å². The Balaban J connectivity index is 1.67. The quantitative estimate of drug-likeness (QED) is 0.573. The molecular formula is C23H24N2O4S. The normalized spacial score (nSPS) is 12.1. The zero-order valence-corrected chi connectivity index (χ0v) is 17.6. The molecule has 30 heavy (non-hydrogen) atoms. The van der Waals surface area contributed by atoms with Crippen LogP contribution in [0.25, 0.3) is 0 Å². The third kappa shape index (κ3) is 5.61. The molecule has 0 aliphatic heterocycles. The molecule has 0 heterocycles. The number of benzene rings is 3. The van der Waals surface area contributed by atoms with Crippen LogP contribution in [0.15, 0.2) is 83.8 Å². The number of aryl methyl sites for hydroxylation is 1. The van der Waals surface area contributed by atoms with E-state index in [1.165, 1.54) is 18.2 Å². The molecule has 3 rings (SSSR count). The molecule has 7 heteroatoms. The number of para-hydroxylation sites is 1. The molecule has 1 amide bonds. The summed E-state index contributed by atoms with van der Waals surface area (Å²) in [5.74, 6) is 0.422. The van der Waals surface area contributed by atoms with E-state index in [0.717, 1.165) is 5.75 Å². The maximum absolute atomic E-state index is 12.6. The summed E-state index contributed by atoms with van der Waals surface area (Å²) in [4.78, 5) is 12.8. The summed E-state index contributed by atoms with van der Waals surface area (Å²) in [6.07, 6.45) is 0. The van der Waals surface area contributed by atoms with Crippen LogP contribution in [0, 0.1) is 6.92 Å². The predicted octanol–water partition coefficient (Wildman–Crippen LogP) is 3.99. The monoisotopic (exact) mass is 424 g/mol. The first-order chi connectivity index (χ1) is 14.3. The minimum Gasteiger partial charge on any atom is -0.491 e. The van der Waals surface area contributed by atoms with Gasteiger partial charge in [-0.15, -0.1) is 0 Å². The van der Waals surface area contributed by atoms with Gasteiger partial charge in [0.2, 0.25) is 0 Å². The first-order valence-corrected chi connectivity index (χ1v) is 11.0. The summed E-state index contributed by atoms with van der Waals surface area (Å²) in [7, 11) is -3.74. The summed E-state index contributed by atoms with van der Waals surface area (Å²) < 4.78 is 33.4. The first kappa shape index (κ1) is 21.4. The van der Waals surface area contributed by atoms with Crippen LogP contribution in [0.4, 0.5) is 5.69 Å². The zero-order valence-electron chi connectivity index (χ0n) is 16.8. The molecule has 3 aromatic carbocycles. The Morgan fingerprint density at radius 2 is 1.60 bits per heavy atom. The number of rotatable bonds is 8. The van der Waals surface area contributed by atoms with Crippen molar-refractivity contribution in [3.8, 4) is 5.75 Å². The predicted molar refractivity (Wildman–Crippen MR) is 117 cm³/mol. The van der Waals surface area contributed by atoms with E-state index < -0.39 is 10.0 Å². The van der Waals surface area contributed by atoms with E-state index in [1.54, 1.807) is 37.3 Å². The molecule has 0 saturated carbocycles. The zero-order chi connectivity index (χ0) is 21.6. The van der Waals surface area contributed by atoms with Gasteiger partial charge in [0.15, 0.2) is 0 Å². The Morgan fingerprint density at radius 3 is 2.27 bits per heavy atom. The molecule has 0 spiro atoms. The fourth-order valence-electron chi connectivity index (χ4n) is 2.76. The van der Waals surface area contributed by atoms with E-state index in [9.17, 15) is 13.2 Å². The van der Waals surface area contributed by atoms with Gasteiger partial charge in [0.05, 0.1) is 16.6 Å². The molecule has 1 atom stereocenters. The van der Waals surface area contributed by atoms with Crippen molar-refractivity contribution in [3.63, 3.8) is 0 Å². The van der Waals surface area contributed by atoms with Gasteiger partial charge in [0, 0.05) is 5.56 Å². The van der Waals surface area contributed by atoms with Crippen LogP contribution in [0.2, 0.25) is 0 Å². The lowest BCUT2D eigenvalue weighted by atomic mass is 10.1. The SMILES string of the molecule is Cc1ccc(C(=O)N[C@H](C)COc2ccccc2)cc1NS(=O)(=O)c1ccccc1. The van der Waals surface area contributed by atoms with Crippen LogP contribution in [-0.4, -0.2) is 27.0 Å². The molecule has 0 unspecified atom stereocenters. The number of amides is 1. The van der Waals surface area contributed by atoms with Crippen LogP contribution >= 0.6 is 0 Å². The Morgan fingerprint density at radius 1 is 0.967 bits per heavy atom. The Kier molecular flexibility index (Phi) is 6.74. The topological polar surface area (TPSA) is 84.5 Å². The van der Waals surface area contributed by atoms with Crippen molar-refractivity contribution in [2.75, 3.05) is 11.3 Å². The fourth-order valence-corrected chi connectivity index (χ4v) is 3.91. The van der Waals surface area contributed by atoms with Crippen molar-refractivity contribution < 1.29 is 17.9 Å². The van der Waals surface area contributed by atoms with E-state index in [0.29, 0.717) is 23.4 Å². The molecule has 156 valence electrons. The highest BCUT2D eigenvalue weighted by Gasteiger charge is 2.17. The molecule has 0 aliphatic rings. The Hall–Kier alpha value is -3.32. The molecular weight excluding hydrogens is 400 g/mol. The molecule has 0 fully saturated rings.